The molecule has 2 aliphatic rings. The van der Waals surface area contributed by atoms with Crippen molar-refractivity contribution in [2.24, 2.45) is 0 Å². The van der Waals surface area contributed by atoms with Gasteiger partial charge in [-0.15, -0.1) is 0 Å². The van der Waals surface area contributed by atoms with Crippen LogP contribution in [0.2, 0.25) is 0 Å². The smallest absolute Gasteiger partial charge is 0.290 e. The first kappa shape index (κ1) is 29.3. The molecule has 10 nitrogen and oxygen atoms in total. The summed E-state index contributed by atoms with van der Waals surface area (Å²) in [4.78, 5) is 31.4. The van der Waals surface area contributed by atoms with E-state index in [-0.39, 0.29) is 17.9 Å². The summed E-state index contributed by atoms with van der Waals surface area (Å²) < 4.78 is 28.5. The summed E-state index contributed by atoms with van der Waals surface area (Å²) in [6.07, 6.45) is 0. The SMILES string of the molecule is COc1cc(C2C(C(=O)c3cc4cccc(OC)c4o3)=C(O)C(=O)N2CCN2CCOCC2)ccc1OCc1ccccc1. The largest absolute Gasteiger partial charge is 0.503 e. The molecule has 2 aliphatic heterocycles. The van der Waals surface area contributed by atoms with E-state index >= 15 is 0 Å². The average molecular weight is 599 g/mol. The van der Waals surface area contributed by atoms with Gasteiger partial charge in [0, 0.05) is 31.6 Å². The molecule has 4 aromatic rings. The molecule has 1 saturated heterocycles. The summed E-state index contributed by atoms with van der Waals surface area (Å²) in [5, 5.41) is 11.9. The molecular formula is C34H34N2O8. The predicted octanol–water partition coefficient (Wildman–Crippen LogP) is 4.94. The number of benzene rings is 3. The number of hydrogen-bond acceptors (Lipinski definition) is 9. The molecule has 0 aliphatic carbocycles. The second-order valence-electron chi connectivity index (χ2n) is 10.6. The molecule has 10 heteroatoms. The Morgan fingerprint density at radius 2 is 1.68 bits per heavy atom. The highest BCUT2D eigenvalue weighted by Crippen LogP contribution is 2.42. The van der Waals surface area contributed by atoms with Crippen LogP contribution in [0.5, 0.6) is 17.2 Å². The molecule has 0 spiro atoms. The van der Waals surface area contributed by atoms with Crippen molar-refractivity contribution in [3.05, 3.63) is 101 Å². The maximum absolute atomic E-state index is 14.1. The zero-order valence-corrected chi connectivity index (χ0v) is 24.7. The Bertz CT molecular complexity index is 1690. The molecular weight excluding hydrogens is 564 g/mol. The lowest BCUT2D eigenvalue weighted by Gasteiger charge is -2.31. The first-order chi connectivity index (χ1) is 21.5. The Kier molecular flexibility index (Phi) is 8.53. The van der Waals surface area contributed by atoms with Crippen LogP contribution in [-0.2, 0) is 16.1 Å². The van der Waals surface area contributed by atoms with Crippen molar-refractivity contribution < 1.29 is 38.1 Å². The normalized spacial score (nSPS) is 17.4. The van der Waals surface area contributed by atoms with E-state index in [1.165, 1.54) is 19.1 Å². The molecule has 1 aromatic heterocycles. The van der Waals surface area contributed by atoms with Crippen molar-refractivity contribution in [1.82, 2.24) is 9.80 Å². The van der Waals surface area contributed by atoms with E-state index in [4.69, 9.17) is 23.4 Å². The molecule has 0 bridgehead atoms. The molecule has 0 radical (unpaired) electrons. The number of aliphatic hydroxyl groups excluding tert-OH is 1. The van der Waals surface area contributed by atoms with Gasteiger partial charge >= 0.3 is 0 Å². The van der Waals surface area contributed by atoms with Crippen molar-refractivity contribution in [2.45, 2.75) is 12.6 Å². The molecule has 6 rings (SSSR count). The average Bonchev–Trinajstić information content (AvgIpc) is 3.62. The number of fused-ring (bicyclic) bond motifs is 1. The number of ether oxygens (including phenoxy) is 4. The number of furan rings is 1. The van der Waals surface area contributed by atoms with Gasteiger partial charge in [-0.3, -0.25) is 14.5 Å². The number of rotatable bonds is 11. The van der Waals surface area contributed by atoms with E-state index in [1.807, 2.05) is 30.3 Å². The van der Waals surface area contributed by atoms with Crippen molar-refractivity contribution in [2.75, 3.05) is 53.6 Å². The number of hydrogen-bond donors (Lipinski definition) is 1. The Morgan fingerprint density at radius 1 is 0.909 bits per heavy atom. The van der Waals surface area contributed by atoms with Gasteiger partial charge in [-0.1, -0.05) is 48.5 Å². The van der Waals surface area contributed by atoms with Crippen LogP contribution in [0, 0.1) is 0 Å². The Balaban J connectivity index is 1.35. The molecule has 1 fully saturated rings. The number of Topliss-reactive ketones (excluding diaryl/α,β-unsaturated/α-hetero) is 1. The lowest BCUT2D eigenvalue weighted by molar-refractivity contribution is -0.129. The molecule has 228 valence electrons. The minimum Gasteiger partial charge on any atom is -0.503 e. The van der Waals surface area contributed by atoms with E-state index < -0.39 is 23.5 Å². The summed E-state index contributed by atoms with van der Waals surface area (Å²) in [5.74, 6) is -0.395. The van der Waals surface area contributed by atoms with Gasteiger partial charge in [-0.2, -0.15) is 0 Å². The lowest BCUT2D eigenvalue weighted by Crippen LogP contribution is -2.43. The molecule has 3 heterocycles. The third kappa shape index (κ3) is 5.73. The quantitative estimate of drug-likeness (QED) is 0.240. The highest BCUT2D eigenvalue weighted by atomic mass is 16.5. The van der Waals surface area contributed by atoms with Crippen molar-refractivity contribution in [1.29, 1.82) is 0 Å². The van der Waals surface area contributed by atoms with Gasteiger partial charge in [0.25, 0.3) is 5.91 Å². The summed E-state index contributed by atoms with van der Waals surface area (Å²) >= 11 is 0. The third-order valence-corrected chi connectivity index (χ3v) is 8.00. The van der Waals surface area contributed by atoms with Gasteiger partial charge in [0.15, 0.2) is 34.4 Å². The first-order valence-corrected chi connectivity index (χ1v) is 14.5. The number of methoxy groups -OCH3 is 2. The molecule has 1 amide bonds. The van der Waals surface area contributed by atoms with E-state index in [1.54, 1.807) is 42.5 Å². The number of carbonyl (C=O) groups is 2. The number of nitrogens with zero attached hydrogens (tertiary/aromatic N) is 2. The van der Waals surface area contributed by atoms with E-state index in [0.29, 0.717) is 60.1 Å². The second-order valence-corrected chi connectivity index (χ2v) is 10.6. The summed E-state index contributed by atoms with van der Waals surface area (Å²) in [7, 11) is 3.05. The Morgan fingerprint density at radius 3 is 2.43 bits per heavy atom. The Hall–Kier alpha value is -4.80. The predicted molar refractivity (Wildman–Crippen MR) is 162 cm³/mol. The van der Waals surface area contributed by atoms with Gasteiger partial charge in [0.05, 0.1) is 39.0 Å². The maximum Gasteiger partial charge on any atom is 0.290 e. The summed E-state index contributed by atoms with van der Waals surface area (Å²) in [5.41, 5.74) is 1.93. The fourth-order valence-corrected chi connectivity index (χ4v) is 5.69. The summed E-state index contributed by atoms with van der Waals surface area (Å²) in [6.45, 7) is 3.87. The molecule has 1 unspecified atom stereocenters. The fraction of sp³-hybridized carbons (Fsp3) is 0.294. The second kappa shape index (κ2) is 12.8. The minimum atomic E-state index is -0.886. The number of morpholine rings is 1. The number of aliphatic hydroxyl groups is 1. The Labute approximate surface area is 255 Å². The maximum atomic E-state index is 14.1. The van der Waals surface area contributed by atoms with Gasteiger partial charge in [-0.05, 0) is 35.4 Å². The standard InChI is InChI=1S/C34H34N2O8/c1-40-26-10-6-9-24-20-28(44-33(24)26)31(37)29-30(36(34(39)32(29)38)14-13-35-15-17-42-18-16-35)23-11-12-25(27(19-23)41-2)43-21-22-7-4-3-5-8-22/h3-12,19-20,30,38H,13-18,21H2,1-2H3. The number of amides is 1. The van der Waals surface area contributed by atoms with Crippen LogP contribution in [-0.4, -0.2) is 80.2 Å². The van der Waals surface area contributed by atoms with Gasteiger partial charge in [0.2, 0.25) is 5.78 Å². The molecule has 3 aromatic carbocycles. The summed E-state index contributed by atoms with van der Waals surface area (Å²) in [6, 6.07) is 21.1. The van der Waals surface area contributed by atoms with Crippen LogP contribution in [0.4, 0.5) is 0 Å². The number of ketones is 1. The van der Waals surface area contributed by atoms with E-state index in [2.05, 4.69) is 4.90 Å². The van der Waals surface area contributed by atoms with Crippen LogP contribution in [0.3, 0.4) is 0 Å². The third-order valence-electron chi connectivity index (χ3n) is 8.00. The van der Waals surface area contributed by atoms with Gasteiger partial charge < -0.3 is 33.4 Å². The van der Waals surface area contributed by atoms with Crippen LogP contribution < -0.4 is 14.2 Å². The van der Waals surface area contributed by atoms with Gasteiger partial charge in [-0.25, -0.2) is 0 Å². The topological polar surface area (TPSA) is 111 Å². The highest BCUT2D eigenvalue weighted by Gasteiger charge is 2.45. The zero-order chi connectivity index (χ0) is 30.6. The van der Waals surface area contributed by atoms with Crippen LogP contribution in [0.25, 0.3) is 11.0 Å². The van der Waals surface area contributed by atoms with E-state index in [9.17, 15) is 14.7 Å². The monoisotopic (exact) mass is 598 g/mol. The molecule has 44 heavy (non-hydrogen) atoms. The minimum absolute atomic E-state index is 0.00587. The van der Waals surface area contributed by atoms with E-state index in [0.717, 1.165) is 18.7 Å². The van der Waals surface area contributed by atoms with Crippen molar-refractivity contribution in [3.63, 3.8) is 0 Å². The van der Waals surface area contributed by atoms with Crippen molar-refractivity contribution >= 4 is 22.7 Å². The molecule has 0 saturated carbocycles. The fourth-order valence-electron chi connectivity index (χ4n) is 5.69. The number of para-hydroxylation sites is 1. The highest BCUT2D eigenvalue weighted by molar-refractivity contribution is 6.16. The van der Waals surface area contributed by atoms with Crippen LogP contribution >= 0.6 is 0 Å². The first-order valence-electron chi connectivity index (χ1n) is 14.5. The molecule has 1 atom stereocenters. The lowest BCUT2D eigenvalue weighted by atomic mass is 9.94. The van der Waals surface area contributed by atoms with Crippen LogP contribution in [0.15, 0.2) is 88.5 Å². The number of carbonyl (C=O) groups excluding carboxylic acids is 2. The van der Waals surface area contributed by atoms with Crippen molar-refractivity contribution in [3.8, 4) is 17.2 Å². The zero-order valence-electron chi connectivity index (χ0n) is 24.7. The van der Waals surface area contributed by atoms with Gasteiger partial charge in [0.1, 0.15) is 6.61 Å². The molecule has 1 N–H and O–H groups in total. The van der Waals surface area contributed by atoms with Crippen LogP contribution in [0.1, 0.15) is 27.7 Å².